The number of allylic oxidation sites excluding steroid dienone is 2. The number of carbonyl (C=O) groups excluding carboxylic acids is 1. The molecule has 12 heavy (non-hydrogen) atoms. The zero-order chi connectivity index (χ0) is 9.23. The molecule has 0 aromatic carbocycles. The number of Topliss-reactive ketones (excluding diaryl/α,β-unsaturated/α-hetero) is 1. The highest BCUT2D eigenvalue weighted by Crippen LogP contribution is 1.92. The lowest BCUT2D eigenvalue weighted by atomic mass is 10.2. The average molecular weight is 168 g/mol. The summed E-state index contributed by atoms with van der Waals surface area (Å²) in [5.74, 6) is 0.185. The van der Waals surface area contributed by atoms with E-state index in [4.69, 9.17) is 11.5 Å². The molecule has 0 aliphatic heterocycles. The monoisotopic (exact) mass is 168 g/mol. The Morgan fingerprint density at radius 3 is 1.67 bits per heavy atom. The summed E-state index contributed by atoms with van der Waals surface area (Å²) in [7, 11) is 0. The summed E-state index contributed by atoms with van der Waals surface area (Å²) in [5.41, 5.74) is 10.4. The van der Waals surface area contributed by atoms with Gasteiger partial charge in [-0.1, -0.05) is 24.3 Å². The Kier molecular flexibility index (Phi) is 7.54. The van der Waals surface area contributed by atoms with Crippen LogP contribution in [0.25, 0.3) is 0 Å². The van der Waals surface area contributed by atoms with Crippen LogP contribution >= 0.6 is 0 Å². The molecule has 0 spiro atoms. The van der Waals surface area contributed by atoms with Crippen molar-refractivity contribution in [3.05, 3.63) is 24.3 Å². The van der Waals surface area contributed by atoms with Crippen molar-refractivity contribution in [2.24, 2.45) is 11.5 Å². The first-order chi connectivity index (χ1) is 5.81. The molecule has 0 atom stereocenters. The summed E-state index contributed by atoms with van der Waals surface area (Å²) < 4.78 is 0. The molecule has 0 saturated carbocycles. The molecule has 0 amide bonds. The lowest BCUT2D eigenvalue weighted by Crippen LogP contribution is -1.97. The van der Waals surface area contributed by atoms with Crippen LogP contribution in [0.15, 0.2) is 24.3 Å². The van der Waals surface area contributed by atoms with Crippen LogP contribution in [-0.4, -0.2) is 18.9 Å². The lowest BCUT2D eigenvalue weighted by Gasteiger charge is -1.89. The van der Waals surface area contributed by atoms with E-state index in [-0.39, 0.29) is 5.78 Å². The van der Waals surface area contributed by atoms with Gasteiger partial charge < -0.3 is 11.5 Å². The largest absolute Gasteiger partial charge is 0.327 e. The highest BCUT2D eigenvalue weighted by molar-refractivity contribution is 5.81. The third kappa shape index (κ3) is 7.18. The SMILES string of the molecule is NC/C=C/CC(=O)C/C=C/CN. The topological polar surface area (TPSA) is 69.1 Å². The van der Waals surface area contributed by atoms with Crippen LogP contribution in [-0.2, 0) is 4.79 Å². The highest BCUT2D eigenvalue weighted by atomic mass is 16.1. The first-order valence-electron chi connectivity index (χ1n) is 4.03. The Morgan fingerprint density at radius 2 is 1.33 bits per heavy atom. The van der Waals surface area contributed by atoms with Gasteiger partial charge in [0.05, 0.1) is 0 Å². The molecule has 68 valence electrons. The molecule has 0 unspecified atom stereocenters. The maximum absolute atomic E-state index is 11.0. The fourth-order valence-electron chi connectivity index (χ4n) is 0.705. The van der Waals surface area contributed by atoms with Crippen LogP contribution in [0.4, 0.5) is 0 Å². The third-order valence-electron chi connectivity index (χ3n) is 1.30. The van der Waals surface area contributed by atoms with Gasteiger partial charge in [0, 0.05) is 25.9 Å². The Hall–Kier alpha value is -0.930. The molecule has 0 rings (SSSR count). The van der Waals surface area contributed by atoms with E-state index in [2.05, 4.69) is 0 Å². The molecular weight excluding hydrogens is 152 g/mol. The maximum atomic E-state index is 11.0. The van der Waals surface area contributed by atoms with E-state index < -0.39 is 0 Å². The summed E-state index contributed by atoms with van der Waals surface area (Å²) >= 11 is 0. The van der Waals surface area contributed by atoms with Gasteiger partial charge in [0.25, 0.3) is 0 Å². The van der Waals surface area contributed by atoms with Crippen LogP contribution in [0, 0.1) is 0 Å². The fraction of sp³-hybridized carbons (Fsp3) is 0.444. The summed E-state index contributed by atoms with van der Waals surface area (Å²) in [6.07, 6.45) is 8.07. The molecule has 0 aliphatic carbocycles. The molecule has 3 heteroatoms. The van der Waals surface area contributed by atoms with Gasteiger partial charge >= 0.3 is 0 Å². The standard InChI is InChI=1S/C9H16N2O/c10-7-3-1-5-9(12)6-2-4-8-11/h1-4H,5-8,10-11H2/b3-1+,4-2+. The normalized spacial score (nSPS) is 11.5. The van der Waals surface area contributed by atoms with Crippen molar-refractivity contribution < 1.29 is 4.79 Å². The predicted molar refractivity (Wildman–Crippen MR) is 50.6 cm³/mol. The van der Waals surface area contributed by atoms with E-state index in [0.29, 0.717) is 25.9 Å². The molecule has 0 aliphatic rings. The van der Waals surface area contributed by atoms with Gasteiger partial charge in [-0.25, -0.2) is 0 Å². The van der Waals surface area contributed by atoms with E-state index in [1.807, 2.05) is 0 Å². The molecular formula is C9H16N2O. The second-order valence-corrected chi connectivity index (χ2v) is 2.36. The first-order valence-corrected chi connectivity index (χ1v) is 4.03. The number of carbonyl (C=O) groups is 1. The van der Waals surface area contributed by atoms with E-state index in [9.17, 15) is 4.79 Å². The maximum Gasteiger partial charge on any atom is 0.140 e. The molecule has 0 bridgehead atoms. The summed E-state index contributed by atoms with van der Waals surface area (Å²) in [4.78, 5) is 11.0. The van der Waals surface area contributed by atoms with Crippen LogP contribution in [0.2, 0.25) is 0 Å². The molecule has 0 fully saturated rings. The Labute approximate surface area is 73.1 Å². The molecule has 0 aromatic heterocycles. The van der Waals surface area contributed by atoms with Crippen molar-refractivity contribution in [1.29, 1.82) is 0 Å². The molecule has 3 nitrogen and oxygen atoms in total. The van der Waals surface area contributed by atoms with Gasteiger partial charge in [-0.15, -0.1) is 0 Å². The number of hydrogen-bond acceptors (Lipinski definition) is 3. The minimum Gasteiger partial charge on any atom is -0.327 e. The molecule has 4 N–H and O–H groups in total. The Morgan fingerprint density at radius 1 is 0.917 bits per heavy atom. The molecule has 0 radical (unpaired) electrons. The Bertz CT molecular complexity index is 155. The Balaban J connectivity index is 3.46. The smallest absolute Gasteiger partial charge is 0.140 e. The van der Waals surface area contributed by atoms with Gasteiger partial charge in [-0.2, -0.15) is 0 Å². The van der Waals surface area contributed by atoms with E-state index in [1.165, 1.54) is 0 Å². The molecule has 0 saturated heterocycles. The van der Waals surface area contributed by atoms with Crippen molar-refractivity contribution in [3.8, 4) is 0 Å². The van der Waals surface area contributed by atoms with Crippen LogP contribution in [0.5, 0.6) is 0 Å². The second kappa shape index (κ2) is 8.17. The second-order valence-electron chi connectivity index (χ2n) is 2.36. The highest BCUT2D eigenvalue weighted by Gasteiger charge is 1.93. The summed E-state index contributed by atoms with van der Waals surface area (Å²) in [5, 5.41) is 0. The molecule has 0 aromatic rings. The minimum atomic E-state index is 0.185. The minimum absolute atomic E-state index is 0.185. The summed E-state index contributed by atoms with van der Waals surface area (Å²) in [6.45, 7) is 0.984. The number of ketones is 1. The van der Waals surface area contributed by atoms with Crippen LogP contribution < -0.4 is 11.5 Å². The quantitative estimate of drug-likeness (QED) is 0.563. The zero-order valence-electron chi connectivity index (χ0n) is 7.20. The van der Waals surface area contributed by atoms with E-state index >= 15 is 0 Å². The first kappa shape index (κ1) is 11.1. The van der Waals surface area contributed by atoms with Crippen LogP contribution in [0.1, 0.15) is 12.8 Å². The van der Waals surface area contributed by atoms with Gasteiger partial charge in [0.2, 0.25) is 0 Å². The fourth-order valence-corrected chi connectivity index (χ4v) is 0.705. The van der Waals surface area contributed by atoms with E-state index in [1.54, 1.807) is 24.3 Å². The van der Waals surface area contributed by atoms with Crippen molar-refractivity contribution in [2.75, 3.05) is 13.1 Å². The van der Waals surface area contributed by atoms with E-state index in [0.717, 1.165) is 0 Å². The van der Waals surface area contributed by atoms with Crippen LogP contribution in [0.3, 0.4) is 0 Å². The van der Waals surface area contributed by atoms with Gasteiger partial charge in [0.15, 0.2) is 0 Å². The van der Waals surface area contributed by atoms with Gasteiger partial charge in [-0.3, -0.25) is 4.79 Å². The van der Waals surface area contributed by atoms with Gasteiger partial charge in [-0.05, 0) is 0 Å². The predicted octanol–water partition coefficient (Wildman–Crippen LogP) is 0.365. The van der Waals surface area contributed by atoms with Crippen molar-refractivity contribution in [1.82, 2.24) is 0 Å². The number of hydrogen-bond donors (Lipinski definition) is 2. The van der Waals surface area contributed by atoms with Crippen molar-refractivity contribution in [3.63, 3.8) is 0 Å². The van der Waals surface area contributed by atoms with Crippen molar-refractivity contribution >= 4 is 5.78 Å². The third-order valence-corrected chi connectivity index (χ3v) is 1.30. The zero-order valence-corrected chi connectivity index (χ0v) is 7.20. The van der Waals surface area contributed by atoms with Crippen molar-refractivity contribution in [2.45, 2.75) is 12.8 Å². The average Bonchev–Trinajstić information content (AvgIpc) is 2.06. The number of rotatable bonds is 6. The lowest BCUT2D eigenvalue weighted by molar-refractivity contribution is -0.117. The summed E-state index contributed by atoms with van der Waals surface area (Å²) in [6, 6.07) is 0. The van der Waals surface area contributed by atoms with Gasteiger partial charge in [0.1, 0.15) is 5.78 Å². The number of nitrogens with two attached hydrogens (primary N) is 2. The molecule has 0 heterocycles.